The molecule has 0 saturated heterocycles. The van der Waals surface area contributed by atoms with Gasteiger partial charge in [0.15, 0.2) is 0 Å². The summed E-state index contributed by atoms with van der Waals surface area (Å²) in [6.45, 7) is 5.14. The van der Waals surface area contributed by atoms with Crippen LogP contribution >= 0.6 is 0 Å². The van der Waals surface area contributed by atoms with Gasteiger partial charge in [0.2, 0.25) is 0 Å². The molecule has 1 aliphatic carbocycles. The fourth-order valence-corrected chi connectivity index (χ4v) is 2.29. The summed E-state index contributed by atoms with van der Waals surface area (Å²) < 4.78 is 5.88. The first-order valence-corrected chi connectivity index (χ1v) is 6.53. The van der Waals surface area contributed by atoms with Crippen LogP contribution in [0.3, 0.4) is 0 Å². The summed E-state index contributed by atoms with van der Waals surface area (Å²) >= 11 is 0. The molecular weight excluding hydrogens is 188 g/mol. The van der Waals surface area contributed by atoms with Gasteiger partial charge in [-0.2, -0.15) is 0 Å². The van der Waals surface area contributed by atoms with Crippen molar-refractivity contribution in [3.8, 4) is 0 Å². The summed E-state index contributed by atoms with van der Waals surface area (Å²) in [5, 5.41) is 9.39. The van der Waals surface area contributed by atoms with E-state index < -0.39 is 0 Å². The fraction of sp³-hybridized carbons (Fsp3) is 1.00. The average Bonchev–Trinajstić information content (AvgIpc) is 2.26. The molecular formula is C13H26O2. The van der Waals surface area contributed by atoms with Gasteiger partial charge >= 0.3 is 0 Å². The minimum absolute atomic E-state index is 0.127. The molecule has 2 heteroatoms. The Balaban J connectivity index is 2.03. The van der Waals surface area contributed by atoms with Crippen LogP contribution in [0.5, 0.6) is 0 Å². The maximum atomic E-state index is 9.39. The number of rotatable bonds is 6. The van der Waals surface area contributed by atoms with E-state index in [4.69, 9.17) is 4.74 Å². The molecule has 3 atom stereocenters. The van der Waals surface area contributed by atoms with E-state index in [1.54, 1.807) is 0 Å². The van der Waals surface area contributed by atoms with Gasteiger partial charge in [-0.1, -0.05) is 26.7 Å². The van der Waals surface area contributed by atoms with Crippen LogP contribution in [0.4, 0.5) is 0 Å². The molecule has 1 N–H and O–H groups in total. The third-order valence-corrected chi connectivity index (χ3v) is 3.52. The van der Waals surface area contributed by atoms with E-state index in [9.17, 15) is 5.11 Å². The third-order valence-electron chi connectivity index (χ3n) is 3.52. The Kier molecular flexibility index (Phi) is 6.26. The quantitative estimate of drug-likeness (QED) is 0.688. The Morgan fingerprint density at radius 1 is 1.33 bits per heavy atom. The van der Waals surface area contributed by atoms with Gasteiger partial charge in [0.1, 0.15) is 0 Å². The maximum absolute atomic E-state index is 9.39. The lowest BCUT2D eigenvalue weighted by Crippen LogP contribution is -2.26. The van der Waals surface area contributed by atoms with Crippen LogP contribution in [0.2, 0.25) is 0 Å². The van der Waals surface area contributed by atoms with E-state index in [1.165, 1.54) is 25.7 Å². The highest BCUT2D eigenvalue weighted by atomic mass is 16.5. The van der Waals surface area contributed by atoms with Crippen molar-refractivity contribution >= 4 is 0 Å². The second-order valence-corrected chi connectivity index (χ2v) is 4.88. The van der Waals surface area contributed by atoms with Crippen molar-refractivity contribution in [1.82, 2.24) is 0 Å². The average molecular weight is 214 g/mol. The first-order chi connectivity index (χ1) is 7.24. The van der Waals surface area contributed by atoms with E-state index in [0.717, 1.165) is 31.8 Å². The molecule has 2 nitrogen and oxygen atoms in total. The lowest BCUT2D eigenvalue weighted by Gasteiger charge is -2.28. The SMILES string of the molecule is CCC(O)CCCOC1CCCCC1C. The Labute approximate surface area is 94.0 Å². The van der Waals surface area contributed by atoms with Crippen molar-refractivity contribution in [2.45, 2.75) is 71.0 Å². The highest BCUT2D eigenvalue weighted by Gasteiger charge is 2.21. The molecule has 0 aromatic carbocycles. The van der Waals surface area contributed by atoms with Crippen LogP contribution < -0.4 is 0 Å². The molecule has 0 aromatic heterocycles. The fourth-order valence-electron chi connectivity index (χ4n) is 2.29. The topological polar surface area (TPSA) is 29.5 Å². The van der Waals surface area contributed by atoms with Crippen LogP contribution in [0.1, 0.15) is 58.8 Å². The van der Waals surface area contributed by atoms with E-state index >= 15 is 0 Å². The van der Waals surface area contributed by atoms with Crippen molar-refractivity contribution in [3.63, 3.8) is 0 Å². The standard InChI is InChI=1S/C13H26O2/c1-3-12(14)8-6-10-15-13-9-5-4-7-11(13)2/h11-14H,3-10H2,1-2H3. The molecule has 0 aliphatic heterocycles. The molecule has 1 fully saturated rings. The summed E-state index contributed by atoms with van der Waals surface area (Å²) in [7, 11) is 0. The highest BCUT2D eigenvalue weighted by Crippen LogP contribution is 2.26. The molecule has 90 valence electrons. The molecule has 0 spiro atoms. The lowest BCUT2D eigenvalue weighted by molar-refractivity contribution is -0.00992. The predicted octanol–water partition coefficient (Wildman–Crippen LogP) is 3.13. The molecule has 1 rings (SSSR count). The summed E-state index contributed by atoms with van der Waals surface area (Å²) in [5.74, 6) is 0.731. The Morgan fingerprint density at radius 2 is 2.07 bits per heavy atom. The summed E-state index contributed by atoms with van der Waals surface area (Å²) in [6, 6.07) is 0. The minimum atomic E-state index is -0.127. The lowest BCUT2D eigenvalue weighted by atomic mass is 9.88. The van der Waals surface area contributed by atoms with Crippen LogP contribution in [-0.4, -0.2) is 23.9 Å². The first-order valence-electron chi connectivity index (χ1n) is 6.53. The van der Waals surface area contributed by atoms with Gasteiger partial charge in [0.25, 0.3) is 0 Å². The smallest absolute Gasteiger partial charge is 0.0600 e. The van der Waals surface area contributed by atoms with E-state index in [2.05, 4.69) is 6.92 Å². The van der Waals surface area contributed by atoms with Gasteiger partial charge < -0.3 is 9.84 Å². The first kappa shape index (κ1) is 13.0. The largest absolute Gasteiger partial charge is 0.393 e. The molecule has 0 heterocycles. The second kappa shape index (κ2) is 7.24. The molecule has 1 saturated carbocycles. The van der Waals surface area contributed by atoms with Crippen molar-refractivity contribution in [3.05, 3.63) is 0 Å². The van der Waals surface area contributed by atoms with Gasteiger partial charge in [0, 0.05) is 6.61 Å². The maximum Gasteiger partial charge on any atom is 0.0600 e. The molecule has 1 aliphatic rings. The molecule has 0 bridgehead atoms. The summed E-state index contributed by atoms with van der Waals surface area (Å²) in [6.07, 6.45) is 8.35. The second-order valence-electron chi connectivity index (χ2n) is 4.88. The van der Waals surface area contributed by atoms with Crippen molar-refractivity contribution in [2.24, 2.45) is 5.92 Å². The molecule has 0 amide bonds. The third kappa shape index (κ3) is 4.98. The number of ether oxygens (including phenoxy) is 1. The Morgan fingerprint density at radius 3 is 2.73 bits per heavy atom. The van der Waals surface area contributed by atoms with E-state index in [1.807, 2.05) is 6.92 Å². The normalized spacial score (nSPS) is 29.0. The van der Waals surface area contributed by atoms with Crippen LogP contribution in [0.15, 0.2) is 0 Å². The van der Waals surface area contributed by atoms with Crippen LogP contribution in [-0.2, 0) is 4.74 Å². The monoisotopic (exact) mass is 214 g/mol. The number of aliphatic hydroxyl groups excluding tert-OH is 1. The molecule has 15 heavy (non-hydrogen) atoms. The number of hydrogen-bond acceptors (Lipinski definition) is 2. The zero-order valence-corrected chi connectivity index (χ0v) is 10.2. The predicted molar refractivity (Wildman–Crippen MR) is 62.9 cm³/mol. The van der Waals surface area contributed by atoms with Crippen LogP contribution in [0, 0.1) is 5.92 Å². The van der Waals surface area contributed by atoms with Gasteiger partial charge in [-0.25, -0.2) is 0 Å². The Bertz CT molecular complexity index is 159. The van der Waals surface area contributed by atoms with E-state index in [0.29, 0.717) is 6.10 Å². The van der Waals surface area contributed by atoms with Crippen molar-refractivity contribution in [2.75, 3.05) is 6.61 Å². The zero-order valence-electron chi connectivity index (χ0n) is 10.2. The van der Waals surface area contributed by atoms with Crippen molar-refractivity contribution < 1.29 is 9.84 Å². The number of hydrogen-bond donors (Lipinski definition) is 1. The van der Waals surface area contributed by atoms with Gasteiger partial charge in [-0.3, -0.25) is 0 Å². The summed E-state index contributed by atoms with van der Waals surface area (Å²) in [4.78, 5) is 0. The zero-order chi connectivity index (χ0) is 11.1. The van der Waals surface area contributed by atoms with Gasteiger partial charge in [-0.15, -0.1) is 0 Å². The molecule has 0 radical (unpaired) electrons. The molecule has 0 aromatic rings. The molecule has 3 unspecified atom stereocenters. The Hall–Kier alpha value is -0.0800. The van der Waals surface area contributed by atoms with Gasteiger partial charge in [-0.05, 0) is 38.0 Å². The highest BCUT2D eigenvalue weighted by molar-refractivity contribution is 4.72. The summed E-state index contributed by atoms with van der Waals surface area (Å²) in [5.41, 5.74) is 0. The number of aliphatic hydroxyl groups is 1. The minimum Gasteiger partial charge on any atom is -0.393 e. The van der Waals surface area contributed by atoms with E-state index in [-0.39, 0.29) is 6.10 Å². The van der Waals surface area contributed by atoms with Gasteiger partial charge in [0.05, 0.1) is 12.2 Å². The van der Waals surface area contributed by atoms with Crippen molar-refractivity contribution in [1.29, 1.82) is 0 Å². The van der Waals surface area contributed by atoms with Crippen LogP contribution in [0.25, 0.3) is 0 Å².